The molecule has 2 aromatic rings. The van der Waals surface area contributed by atoms with Gasteiger partial charge in [-0.15, -0.1) is 0 Å². The minimum absolute atomic E-state index is 0.00212. The number of nitrogens with zero attached hydrogens (tertiary/aromatic N) is 3. The predicted molar refractivity (Wildman–Crippen MR) is 148 cm³/mol. The van der Waals surface area contributed by atoms with E-state index in [9.17, 15) is 45.5 Å². The Morgan fingerprint density at radius 3 is 2.09 bits per heavy atom. The van der Waals surface area contributed by atoms with Gasteiger partial charge in [0, 0.05) is 68.6 Å². The number of halogens is 4. The van der Waals surface area contributed by atoms with Crippen molar-refractivity contribution in [2.45, 2.75) is 30.8 Å². The van der Waals surface area contributed by atoms with Crippen molar-refractivity contribution in [3.05, 3.63) is 59.2 Å². The number of hydrogen-bond donors (Lipinski definition) is 2. The molecule has 44 heavy (non-hydrogen) atoms. The number of carbonyl (C=O) groups is 3. The van der Waals surface area contributed by atoms with E-state index in [0.29, 0.717) is 25.2 Å². The fourth-order valence-electron chi connectivity index (χ4n) is 5.20. The molecule has 0 saturated carbocycles. The fraction of sp³-hybridized carbons (Fsp3) is 0.464. The lowest BCUT2D eigenvalue weighted by atomic mass is 9.92. The van der Waals surface area contributed by atoms with Gasteiger partial charge in [-0.05, 0) is 37.6 Å². The van der Waals surface area contributed by atoms with Gasteiger partial charge in [0.1, 0.15) is 10.7 Å². The summed E-state index contributed by atoms with van der Waals surface area (Å²) in [5, 5.41) is 11.8. The van der Waals surface area contributed by atoms with Gasteiger partial charge in [0.05, 0.1) is 6.54 Å². The second-order valence-corrected chi connectivity index (χ2v) is 12.5. The van der Waals surface area contributed by atoms with Crippen LogP contribution in [0.15, 0.2) is 35.2 Å². The van der Waals surface area contributed by atoms with Gasteiger partial charge in [-0.3, -0.25) is 14.5 Å². The van der Waals surface area contributed by atoms with E-state index in [-0.39, 0.29) is 38.0 Å². The van der Waals surface area contributed by atoms with E-state index in [0.717, 1.165) is 42.1 Å². The average Bonchev–Trinajstić information content (AvgIpc) is 2.99. The van der Waals surface area contributed by atoms with Crippen molar-refractivity contribution in [1.29, 1.82) is 0 Å². The third kappa shape index (κ3) is 7.72. The molecule has 2 fully saturated rings. The van der Waals surface area contributed by atoms with Crippen LogP contribution in [0.3, 0.4) is 0 Å². The molecule has 11 nitrogen and oxygen atoms in total. The molecule has 2 aliphatic heterocycles. The summed E-state index contributed by atoms with van der Waals surface area (Å²) >= 11 is 0. The quantitative estimate of drug-likeness (QED) is 0.227. The standard InChI is InChI=1S/C28H32F4N4O7S/c1-2-34-9-11-35(12-10-34)16-24(37)43-26(28(39)40)17-5-7-36(8-6-17)44(41,42)23-13-18(3-4-20(23)29)27(38)33-19-14-21(30)25(32)22(31)15-19/h3-4,13-15,17,26H,2,5-12,16H2,1H3,(H,33,38)(H,39,40). The summed E-state index contributed by atoms with van der Waals surface area (Å²) in [5.41, 5.74) is -0.811. The lowest BCUT2D eigenvalue weighted by Crippen LogP contribution is -2.49. The van der Waals surface area contributed by atoms with E-state index in [1.165, 1.54) is 0 Å². The van der Waals surface area contributed by atoms with Crippen LogP contribution in [0.5, 0.6) is 0 Å². The normalized spacial score (nSPS) is 18.1. The maximum absolute atomic E-state index is 14.7. The Balaban J connectivity index is 1.39. The van der Waals surface area contributed by atoms with Gasteiger partial charge in [-0.2, -0.15) is 4.31 Å². The largest absolute Gasteiger partial charge is 0.478 e. The molecule has 0 bridgehead atoms. The minimum atomic E-state index is -4.52. The Bertz CT molecular complexity index is 1490. The molecular weight excluding hydrogens is 612 g/mol. The molecule has 16 heteroatoms. The number of likely N-dealkylation sites (N-methyl/N-ethyl adjacent to an activating group) is 1. The Morgan fingerprint density at radius 2 is 1.52 bits per heavy atom. The number of amides is 1. The van der Waals surface area contributed by atoms with Crippen LogP contribution in [-0.4, -0.2) is 104 Å². The summed E-state index contributed by atoms with van der Waals surface area (Å²) in [6.45, 7) is 5.28. The van der Waals surface area contributed by atoms with E-state index in [4.69, 9.17) is 4.74 Å². The Hall–Kier alpha value is -3.60. The number of benzene rings is 2. The molecule has 2 saturated heterocycles. The van der Waals surface area contributed by atoms with Crippen LogP contribution < -0.4 is 5.32 Å². The Morgan fingerprint density at radius 1 is 0.932 bits per heavy atom. The number of aliphatic carboxylic acids is 1. The number of anilines is 1. The summed E-state index contributed by atoms with van der Waals surface area (Å²) in [4.78, 5) is 40.4. The first-order valence-electron chi connectivity index (χ1n) is 13.9. The summed E-state index contributed by atoms with van der Waals surface area (Å²) in [6.07, 6.45) is -1.49. The number of rotatable bonds is 10. The lowest BCUT2D eigenvalue weighted by Gasteiger charge is -2.35. The molecular formula is C28H32F4N4O7S. The topological polar surface area (TPSA) is 137 Å². The third-order valence-electron chi connectivity index (χ3n) is 7.75. The molecule has 240 valence electrons. The molecule has 2 aliphatic rings. The van der Waals surface area contributed by atoms with Crippen LogP contribution in [0.4, 0.5) is 23.2 Å². The second-order valence-electron chi connectivity index (χ2n) is 10.6. The van der Waals surface area contributed by atoms with Crippen LogP contribution >= 0.6 is 0 Å². The van der Waals surface area contributed by atoms with Crippen molar-refractivity contribution in [1.82, 2.24) is 14.1 Å². The summed E-state index contributed by atoms with van der Waals surface area (Å²) in [7, 11) is -4.52. The van der Waals surface area contributed by atoms with Gasteiger partial charge >= 0.3 is 11.9 Å². The lowest BCUT2D eigenvalue weighted by molar-refractivity contribution is -0.169. The number of carbonyl (C=O) groups excluding carboxylic acids is 2. The van der Waals surface area contributed by atoms with Crippen molar-refractivity contribution < 1.29 is 50.2 Å². The van der Waals surface area contributed by atoms with Gasteiger partial charge in [0.15, 0.2) is 17.5 Å². The van der Waals surface area contributed by atoms with E-state index >= 15 is 0 Å². The second kappa shape index (κ2) is 14.0. The highest BCUT2D eigenvalue weighted by Gasteiger charge is 2.38. The zero-order valence-corrected chi connectivity index (χ0v) is 24.6. The van der Waals surface area contributed by atoms with Crippen LogP contribution in [0.1, 0.15) is 30.1 Å². The number of esters is 1. The first-order valence-corrected chi connectivity index (χ1v) is 15.4. The molecule has 1 atom stereocenters. The molecule has 2 aromatic carbocycles. The molecule has 2 N–H and O–H groups in total. The molecule has 1 unspecified atom stereocenters. The van der Waals surface area contributed by atoms with Crippen LogP contribution in [0.25, 0.3) is 0 Å². The van der Waals surface area contributed by atoms with Crippen LogP contribution in [0, 0.1) is 29.2 Å². The number of hydrogen-bond acceptors (Lipinski definition) is 8. The maximum Gasteiger partial charge on any atom is 0.345 e. The number of carboxylic acid groups (broad SMARTS) is 1. The Kier molecular flexibility index (Phi) is 10.6. The van der Waals surface area contributed by atoms with Crippen molar-refractivity contribution >= 4 is 33.6 Å². The van der Waals surface area contributed by atoms with Gasteiger partial charge in [-0.25, -0.2) is 30.8 Å². The van der Waals surface area contributed by atoms with Gasteiger partial charge in [-0.1, -0.05) is 6.92 Å². The van der Waals surface area contributed by atoms with Gasteiger partial charge < -0.3 is 20.1 Å². The highest BCUT2D eigenvalue weighted by atomic mass is 32.2. The summed E-state index contributed by atoms with van der Waals surface area (Å²) in [5.74, 6) is -9.81. The van der Waals surface area contributed by atoms with E-state index in [2.05, 4.69) is 10.2 Å². The third-order valence-corrected chi connectivity index (χ3v) is 9.66. The number of piperazine rings is 1. The van der Waals surface area contributed by atoms with E-state index in [1.807, 2.05) is 11.8 Å². The highest BCUT2D eigenvalue weighted by Crippen LogP contribution is 2.29. The molecule has 0 aromatic heterocycles. The highest BCUT2D eigenvalue weighted by molar-refractivity contribution is 7.89. The van der Waals surface area contributed by atoms with Crippen molar-refractivity contribution in [2.75, 3.05) is 57.7 Å². The maximum atomic E-state index is 14.7. The first kappa shape index (κ1) is 33.3. The molecule has 0 spiro atoms. The van der Waals surface area contributed by atoms with Gasteiger partial charge in [0.2, 0.25) is 16.1 Å². The van der Waals surface area contributed by atoms with Crippen LogP contribution in [-0.2, 0) is 24.3 Å². The smallest absolute Gasteiger partial charge is 0.345 e. The number of sulfonamides is 1. The zero-order chi connectivity index (χ0) is 32.2. The SMILES string of the molecule is CCN1CCN(CC(=O)OC(C(=O)O)C2CCN(S(=O)(=O)c3cc(C(=O)Nc4cc(F)c(F)c(F)c4)ccc3F)CC2)CC1. The number of ether oxygens (including phenoxy) is 1. The molecule has 0 aliphatic carbocycles. The summed E-state index contributed by atoms with van der Waals surface area (Å²) in [6, 6.07) is 3.50. The molecule has 1 amide bonds. The zero-order valence-electron chi connectivity index (χ0n) is 23.8. The monoisotopic (exact) mass is 644 g/mol. The van der Waals surface area contributed by atoms with Crippen LogP contribution in [0.2, 0.25) is 0 Å². The first-order chi connectivity index (χ1) is 20.8. The summed E-state index contributed by atoms with van der Waals surface area (Å²) < 4.78 is 87.9. The fourth-order valence-corrected chi connectivity index (χ4v) is 6.76. The van der Waals surface area contributed by atoms with E-state index in [1.54, 1.807) is 0 Å². The predicted octanol–water partition coefficient (Wildman–Crippen LogP) is 2.53. The van der Waals surface area contributed by atoms with E-state index < -0.39 is 73.7 Å². The molecule has 0 radical (unpaired) electrons. The minimum Gasteiger partial charge on any atom is -0.478 e. The average molecular weight is 645 g/mol. The van der Waals surface area contributed by atoms with Gasteiger partial charge in [0.25, 0.3) is 5.91 Å². The number of nitrogens with one attached hydrogen (secondary N) is 1. The van der Waals surface area contributed by atoms with Crippen molar-refractivity contribution in [2.24, 2.45) is 5.92 Å². The number of piperidine rings is 1. The molecule has 2 heterocycles. The van der Waals surface area contributed by atoms with Crippen molar-refractivity contribution in [3.8, 4) is 0 Å². The number of carboxylic acids is 1. The van der Waals surface area contributed by atoms with Crippen molar-refractivity contribution in [3.63, 3.8) is 0 Å². The molecule has 4 rings (SSSR count). The Labute approximate surface area is 251 Å².